The maximum atomic E-state index is 9.53. The first-order chi connectivity index (χ1) is 8.08. The van der Waals surface area contributed by atoms with E-state index in [0.717, 1.165) is 19.4 Å². The third-order valence-corrected chi connectivity index (χ3v) is 3.82. The lowest BCUT2D eigenvalue weighted by Crippen LogP contribution is -2.46. The number of nitrogens with zero attached hydrogens (tertiary/aromatic N) is 1. The molecule has 1 aliphatic rings. The lowest BCUT2D eigenvalue weighted by atomic mass is 9.95. The molecule has 1 saturated heterocycles. The van der Waals surface area contributed by atoms with Crippen molar-refractivity contribution in [1.29, 1.82) is 0 Å². The zero-order valence-electron chi connectivity index (χ0n) is 10.6. The van der Waals surface area contributed by atoms with Gasteiger partial charge >= 0.3 is 0 Å². The Balaban J connectivity index is 2.12. The van der Waals surface area contributed by atoms with Gasteiger partial charge in [0.05, 0.1) is 0 Å². The zero-order chi connectivity index (χ0) is 12.4. The third-order valence-electron chi connectivity index (χ3n) is 3.82. The van der Waals surface area contributed by atoms with Crippen molar-refractivity contribution in [3.05, 3.63) is 29.8 Å². The van der Waals surface area contributed by atoms with Crippen molar-refractivity contribution in [3.8, 4) is 5.75 Å². The molecule has 1 fully saturated rings. The Bertz CT molecular complexity index is 380. The molecule has 3 atom stereocenters. The molecule has 1 aromatic rings. The molecule has 0 spiro atoms. The lowest BCUT2D eigenvalue weighted by Gasteiger charge is -2.40. The maximum Gasteiger partial charge on any atom is 0.115 e. The standard InChI is InChI=1S/C14H22N2O/c1-10-8-13(15)6-7-16(10)11(2)12-4-3-5-14(17)9-12/h3-5,9-11,13,17H,6-8,15H2,1-2H3. The van der Waals surface area contributed by atoms with Crippen molar-refractivity contribution in [2.24, 2.45) is 5.73 Å². The minimum atomic E-state index is 0.338. The summed E-state index contributed by atoms with van der Waals surface area (Å²) in [6.07, 6.45) is 2.12. The predicted molar refractivity (Wildman–Crippen MR) is 69.9 cm³/mol. The first-order valence-electron chi connectivity index (χ1n) is 6.38. The second-order valence-corrected chi connectivity index (χ2v) is 5.14. The molecule has 0 radical (unpaired) electrons. The van der Waals surface area contributed by atoms with Crippen molar-refractivity contribution >= 4 is 0 Å². The van der Waals surface area contributed by atoms with E-state index in [4.69, 9.17) is 5.73 Å². The monoisotopic (exact) mass is 234 g/mol. The second kappa shape index (κ2) is 5.07. The van der Waals surface area contributed by atoms with E-state index in [2.05, 4.69) is 24.8 Å². The second-order valence-electron chi connectivity index (χ2n) is 5.14. The maximum absolute atomic E-state index is 9.53. The first kappa shape index (κ1) is 12.4. The van der Waals surface area contributed by atoms with Gasteiger partial charge in [0, 0.05) is 24.7 Å². The molecule has 1 aromatic carbocycles. The fourth-order valence-electron chi connectivity index (χ4n) is 2.78. The van der Waals surface area contributed by atoms with Gasteiger partial charge < -0.3 is 10.8 Å². The van der Waals surface area contributed by atoms with Crippen LogP contribution in [0.1, 0.15) is 38.3 Å². The molecule has 0 aliphatic carbocycles. The third kappa shape index (κ3) is 2.79. The highest BCUT2D eigenvalue weighted by atomic mass is 16.3. The number of aromatic hydroxyl groups is 1. The molecule has 3 nitrogen and oxygen atoms in total. The van der Waals surface area contributed by atoms with Gasteiger partial charge in [-0.25, -0.2) is 0 Å². The Labute approximate surface area is 103 Å². The SMILES string of the molecule is CC1CC(N)CCN1C(C)c1cccc(O)c1. The quantitative estimate of drug-likeness (QED) is 0.825. The Hall–Kier alpha value is -1.06. The summed E-state index contributed by atoms with van der Waals surface area (Å²) >= 11 is 0. The van der Waals surface area contributed by atoms with Crippen molar-refractivity contribution in [2.75, 3.05) is 6.54 Å². The molecule has 0 aromatic heterocycles. The van der Waals surface area contributed by atoms with Gasteiger partial charge in [-0.3, -0.25) is 4.90 Å². The van der Waals surface area contributed by atoms with Gasteiger partial charge in [-0.05, 0) is 44.4 Å². The van der Waals surface area contributed by atoms with Crippen LogP contribution in [0.2, 0.25) is 0 Å². The van der Waals surface area contributed by atoms with Crippen LogP contribution in [0.3, 0.4) is 0 Å². The van der Waals surface area contributed by atoms with Crippen molar-refractivity contribution < 1.29 is 5.11 Å². The summed E-state index contributed by atoms with van der Waals surface area (Å²) < 4.78 is 0. The minimum absolute atomic E-state index is 0.338. The topological polar surface area (TPSA) is 49.5 Å². The van der Waals surface area contributed by atoms with Gasteiger partial charge in [-0.2, -0.15) is 0 Å². The highest BCUT2D eigenvalue weighted by Gasteiger charge is 2.27. The summed E-state index contributed by atoms with van der Waals surface area (Å²) in [6, 6.07) is 8.74. The van der Waals surface area contributed by atoms with E-state index < -0.39 is 0 Å². The summed E-state index contributed by atoms with van der Waals surface area (Å²) in [6.45, 7) is 5.47. The molecule has 0 amide bonds. The molecule has 17 heavy (non-hydrogen) atoms. The van der Waals surface area contributed by atoms with Crippen LogP contribution < -0.4 is 5.73 Å². The van der Waals surface area contributed by atoms with Crippen molar-refractivity contribution in [2.45, 2.75) is 44.8 Å². The van der Waals surface area contributed by atoms with Gasteiger partial charge in [0.25, 0.3) is 0 Å². The Morgan fingerprint density at radius 3 is 2.88 bits per heavy atom. The van der Waals surface area contributed by atoms with Gasteiger partial charge in [0.2, 0.25) is 0 Å². The molecule has 1 aliphatic heterocycles. The normalized spacial score (nSPS) is 27.9. The van der Waals surface area contributed by atoms with E-state index in [-0.39, 0.29) is 0 Å². The number of phenols is 1. The Morgan fingerprint density at radius 2 is 2.24 bits per heavy atom. The van der Waals surface area contributed by atoms with Crippen LogP contribution in [0.15, 0.2) is 24.3 Å². The van der Waals surface area contributed by atoms with E-state index in [1.807, 2.05) is 12.1 Å². The first-order valence-corrected chi connectivity index (χ1v) is 6.38. The van der Waals surface area contributed by atoms with Crippen LogP contribution in [-0.4, -0.2) is 28.6 Å². The number of benzene rings is 1. The smallest absolute Gasteiger partial charge is 0.115 e. The van der Waals surface area contributed by atoms with Crippen LogP contribution in [0.5, 0.6) is 5.75 Å². The lowest BCUT2D eigenvalue weighted by molar-refractivity contribution is 0.104. The number of piperidine rings is 1. The van der Waals surface area contributed by atoms with Gasteiger partial charge in [-0.15, -0.1) is 0 Å². The average molecular weight is 234 g/mol. The minimum Gasteiger partial charge on any atom is -0.508 e. The Morgan fingerprint density at radius 1 is 1.47 bits per heavy atom. The fourth-order valence-corrected chi connectivity index (χ4v) is 2.78. The van der Waals surface area contributed by atoms with Crippen LogP contribution in [0, 0.1) is 0 Å². The zero-order valence-corrected chi connectivity index (χ0v) is 10.6. The van der Waals surface area contributed by atoms with Gasteiger partial charge in [-0.1, -0.05) is 12.1 Å². The fraction of sp³-hybridized carbons (Fsp3) is 0.571. The number of rotatable bonds is 2. The number of nitrogens with two attached hydrogens (primary N) is 1. The molecular formula is C14H22N2O. The van der Waals surface area contributed by atoms with E-state index in [1.54, 1.807) is 6.07 Å². The van der Waals surface area contributed by atoms with Gasteiger partial charge in [0.15, 0.2) is 0 Å². The van der Waals surface area contributed by atoms with Crippen molar-refractivity contribution in [3.63, 3.8) is 0 Å². The largest absolute Gasteiger partial charge is 0.508 e. The number of hydrogen-bond donors (Lipinski definition) is 2. The predicted octanol–water partition coefficient (Wildman–Crippen LogP) is 2.26. The Kier molecular flexibility index (Phi) is 3.69. The molecule has 3 N–H and O–H groups in total. The van der Waals surface area contributed by atoms with Gasteiger partial charge in [0.1, 0.15) is 5.75 Å². The molecule has 2 rings (SSSR count). The number of likely N-dealkylation sites (tertiary alicyclic amines) is 1. The van der Waals surface area contributed by atoms with E-state index in [9.17, 15) is 5.11 Å². The average Bonchev–Trinajstić information content (AvgIpc) is 2.28. The molecule has 94 valence electrons. The van der Waals surface area contributed by atoms with Crippen LogP contribution in [0.4, 0.5) is 0 Å². The number of phenolic OH excluding ortho intramolecular Hbond substituents is 1. The highest BCUT2D eigenvalue weighted by molar-refractivity contribution is 5.29. The molecule has 0 saturated carbocycles. The van der Waals surface area contributed by atoms with E-state index >= 15 is 0 Å². The summed E-state index contributed by atoms with van der Waals surface area (Å²) in [4.78, 5) is 2.47. The summed E-state index contributed by atoms with van der Waals surface area (Å²) in [7, 11) is 0. The summed E-state index contributed by atoms with van der Waals surface area (Å²) in [5.74, 6) is 0.343. The van der Waals surface area contributed by atoms with Crippen molar-refractivity contribution in [1.82, 2.24) is 4.90 Å². The molecule has 3 heteroatoms. The molecular weight excluding hydrogens is 212 g/mol. The van der Waals surface area contributed by atoms with E-state index in [0.29, 0.717) is 23.9 Å². The molecule has 0 bridgehead atoms. The molecule has 3 unspecified atom stereocenters. The van der Waals surface area contributed by atoms with Crippen LogP contribution in [0.25, 0.3) is 0 Å². The molecule has 1 heterocycles. The van der Waals surface area contributed by atoms with Crippen LogP contribution in [-0.2, 0) is 0 Å². The summed E-state index contributed by atoms with van der Waals surface area (Å²) in [5, 5.41) is 9.53. The highest BCUT2D eigenvalue weighted by Crippen LogP contribution is 2.29. The summed E-state index contributed by atoms with van der Waals surface area (Å²) in [5.41, 5.74) is 7.16. The number of hydrogen-bond acceptors (Lipinski definition) is 3. The van der Waals surface area contributed by atoms with E-state index in [1.165, 1.54) is 5.56 Å². The van der Waals surface area contributed by atoms with Crippen LogP contribution >= 0.6 is 0 Å².